The number of aliphatic carboxylic acids is 1. The predicted molar refractivity (Wildman–Crippen MR) is 78.4 cm³/mol. The molecule has 0 spiro atoms. The van der Waals surface area contributed by atoms with Gasteiger partial charge in [0.2, 0.25) is 0 Å². The molecule has 1 fully saturated rings. The predicted octanol–water partition coefficient (Wildman–Crippen LogP) is 2.54. The SMILES string of the molecule is CC(C)(C)OC(=O)N1CCCC1(Cc1cscn1)C(=O)O. The number of rotatable bonds is 3. The zero-order valence-electron chi connectivity index (χ0n) is 12.5. The van der Waals surface area contributed by atoms with Crippen LogP contribution >= 0.6 is 11.3 Å². The second kappa shape index (κ2) is 5.63. The number of carbonyl (C=O) groups is 2. The van der Waals surface area contributed by atoms with E-state index in [9.17, 15) is 14.7 Å². The van der Waals surface area contributed by atoms with Crippen molar-refractivity contribution in [2.24, 2.45) is 0 Å². The minimum Gasteiger partial charge on any atom is -0.479 e. The Morgan fingerprint density at radius 3 is 2.76 bits per heavy atom. The summed E-state index contributed by atoms with van der Waals surface area (Å²) in [7, 11) is 0. The van der Waals surface area contributed by atoms with Crippen molar-refractivity contribution < 1.29 is 19.4 Å². The maximum absolute atomic E-state index is 12.3. The van der Waals surface area contributed by atoms with Crippen molar-refractivity contribution in [2.75, 3.05) is 6.54 Å². The summed E-state index contributed by atoms with van der Waals surface area (Å²) < 4.78 is 5.35. The average molecular weight is 312 g/mol. The molecule has 1 aromatic rings. The Hall–Kier alpha value is -1.63. The lowest BCUT2D eigenvalue weighted by Crippen LogP contribution is -2.55. The van der Waals surface area contributed by atoms with Crippen LogP contribution in [0.3, 0.4) is 0 Å². The fourth-order valence-electron chi connectivity index (χ4n) is 2.57. The lowest BCUT2D eigenvalue weighted by molar-refractivity contribution is -0.149. The summed E-state index contributed by atoms with van der Waals surface area (Å²) in [5.74, 6) is -1.00. The van der Waals surface area contributed by atoms with Crippen molar-refractivity contribution in [1.29, 1.82) is 0 Å². The van der Waals surface area contributed by atoms with E-state index in [1.807, 2.05) is 5.38 Å². The molecule has 0 radical (unpaired) electrons. The lowest BCUT2D eigenvalue weighted by atomic mass is 9.91. The van der Waals surface area contributed by atoms with Gasteiger partial charge in [-0.05, 0) is 33.6 Å². The van der Waals surface area contributed by atoms with E-state index in [0.29, 0.717) is 25.1 Å². The van der Waals surface area contributed by atoms with Crippen molar-refractivity contribution in [2.45, 2.75) is 51.2 Å². The number of nitrogens with zero attached hydrogens (tertiary/aromatic N) is 2. The summed E-state index contributed by atoms with van der Waals surface area (Å²) in [6.07, 6.45) is 0.706. The largest absolute Gasteiger partial charge is 0.479 e. The van der Waals surface area contributed by atoms with E-state index in [2.05, 4.69) is 4.98 Å². The maximum Gasteiger partial charge on any atom is 0.411 e. The number of carboxylic acid groups (broad SMARTS) is 1. The van der Waals surface area contributed by atoms with Crippen LogP contribution in [-0.2, 0) is 16.0 Å². The molecule has 1 atom stereocenters. The molecule has 1 aliphatic rings. The van der Waals surface area contributed by atoms with Gasteiger partial charge in [0.15, 0.2) is 0 Å². The summed E-state index contributed by atoms with van der Waals surface area (Å²) in [5, 5.41) is 11.5. The quantitative estimate of drug-likeness (QED) is 0.927. The molecular weight excluding hydrogens is 292 g/mol. The zero-order chi connectivity index (χ0) is 15.7. The molecule has 0 saturated carbocycles. The first-order valence-corrected chi connectivity index (χ1v) is 7.80. The van der Waals surface area contributed by atoms with Gasteiger partial charge >= 0.3 is 12.1 Å². The number of ether oxygens (including phenoxy) is 1. The Labute approximate surface area is 127 Å². The van der Waals surface area contributed by atoms with E-state index in [-0.39, 0.29) is 6.42 Å². The number of carbonyl (C=O) groups excluding carboxylic acids is 1. The highest BCUT2D eigenvalue weighted by molar-refractivity contribution is 7.07. The molecule has 21 heavy (non-hydrogen) atoms. The second-order valence-electron chi connectivity index (χ2n) is 6.23. The number of carboxylic acids is 1. The molecule has 0 bridgehead atoms. The Kier molecular flexibility index (Phi) is 4.22. The third kappa shape index (κ3) is 3.34. The third-order valence-corrected chi connectivity index (χ3v) is 4.09. The number of aromatic nitrogens is 1. The Bertz CT molecular complexity index is 524. The molecule has 1 saturated heterocycles. The fraction of sp³-hybridized carbons (Fsp3) is 0.643. The zero-order valence-corrected chi connectivity index (χ0v) is 13.3. The van der Waals surface area contributed by atoms with E-state index in [1.54, 1.807) is 26.3 Å². The monoisotopic (exact) mass is 312 g/mol. The van der Waals surface area contributed by atoms with Crippen LogP contribution in [0.1, 0.15) is 39.3 Å². The Morgan fingerprint density at radius 2 is 2.24 bits per heavy atom. The second-order valence-corrected chi connectivity index (χ2v) is 6.95. The summed E-state index contributed by atoms with van der Waals surface area (Å²) in [6.45, 7) is 5.70. The molecule has 7 heteroatoms. The standard InChI is InChI=1S/C14H20N2O4S/c1-13(2,3)20-12(19)16-6-4-5-14(16,11(17)18)7-10-8-21-9-15-10/h8-9H,4-7H2,1-3H3,(H,17,18). The van der Waals surface area contributed by atoms with Crippen LogP contribution in [0.4, 0.5) is 4.79 Å². The van der Waals surface area contributed by atoms with E-state index in [1.165, 1.54) is 16.2 Å². The first kappa shape index (κ1) is 15.8. The van der Waals surface area contributed by atoms with Gasteiger partial charge in [0.1, 0.15) is 11.1 Å². The van der Waals surface area contributed by atoms with Gasteiger partial charge in [0.05, 0.1) is 11.2 Å². The molecule has 1 N–H and O–H groups in total. The van der Waals surface area contributed by atoms with Crippen molar-refractivity contribution >= 4 is 23.4 Å². The van der Waals surface area contributed by atoms with Gasteiger partial charge in [-0.15, -0.1) is 11.3 Å². The molecule has 1 amide bonds. The molecule has 1 aliphatic heterocycles. The van der Waals surface area contributed by atoms with Crippen molar-refractivity contribution in [1.82, 2.24) is 9.88 Å². The average Bonchev–Trinajstić information content (AvgIpc) is 2.96. The van der Waals surface area contributed by atoms with Gasteiger partial charge in [-0.1, -0.05) is 0 Å². The molecule has 0 aromatic carbocycles. The minimum atomic E-state index is -1.25. The van der Waals surface area contributed by atoms with Crippen LogP contribution in [-0.4, -0.2) is 44.7 Å². The maximum atomic E-state index is 12.3. The smallest absolute Gasteiger partial charge is 0.411 e. The van der Waals surface area contributed by atoms with Gasteiger partial charge in [-0.25, -0.2) is 14.6 Å². The lowest BCUT2D eigenvalue weighted by Gasteiger charge is -2.35. The molecule has 6 nitrogen and oxygen atoms in total. The molecule has 2 rings (SSSR count). The van der Waals surface area contributed by atoms with E-state index < -0.39 is 23.2 Å². The number of amides is 1. The molecule has 1 unspecified atom stereocenters. The number of likely N-dealkylation sites (tertiary alicyclic amines) is 1. The van der Waals surface area contributed by atoms with Gasteiger partial charge < -0.3 is 9.84 Å². The topological polar surface area (TPSA) is 79.7 Å². The van der Waals surface area contributed by atoms with E-state index in [4.69, 9.17) is 4.74 Å². The van der Waals surface area contributed by atoms with Crippen LogP contribution in [0.5, 0.6) is 0 Å². The number of thiazole rings is 1. The van der Waals surface area contributed by atoms with Crippen LogP contribution in [0, 0.1) is 0 Å². The molecule has 0 aliphatic carbocycles. The van der Waals surface area contributed by atoms with Crippen molar-refractivity contribution in [3.05, 3.63) is 16.6 Å². The number of hydrogen-bond acceptors (Lipinski definition) is 5. The highest BCUT2D eigenvalue weighted by Gasteiger charge is 2.51. The van der Waals surface area contributed by atoms with Gasteiger partial charge in [-0.3, -0.25) is 4.90 Å². The first-order valence-electron chi connectivity index (χ1n) is 6.86. The molecule has 116 valence electrons. The normalized spacial score (nSPS) is 22.3. The highest BCUT2D eigenvalue weighted by atomic mass is 32.1. The molecular formula is C14H20N2O4S. The first-order chi connectivity index (χ1) is 9.74. The van der Waals surface area contributed by atoms with Crippen LogP contribution < -0.4 is 0 Å². The van der Waals surface area contributed by atoms with Gasteiger partial charge in [-0.2, -0.15) is 0 Å². The van der Waals surface area contributed by atoms with E-state index in [0.717, 1.165) is 0 Å². The molecule has 1 aromatic heterocycles. The summed E-state index contributed by atoms with van der Waals surface area (Å²) in [4.78, 5) is 29.7. The molecule has 2 heterocycles. The van der Waals surface area contributed by atoms with Crippen LogP contribution in [0.15, 0.2) is 10.9 Å². The van der Waals surface area contributed by atoms with Crippen LogP contribution in [0.2, 0.25) is 0 Å². The fourth-order valence-corrected chi connectivity index (χ4v) is 3.13. The Morgan fingerprint density at radius 1 is 1.52 bits per heavy atom. The van der Waals surface area contributed by atoms with Crippen molar-refractivity contribution in [3.63, 3.8) is 0 Å². The number of hydrogen-bond donors (Lipinski definition) is 1. The third-order valence-electron chi connectivity index (χ3n) is 3.46. The summed E-state index contributed by atoms with van der Waals surface area (Å²) >= 11 is 1.41. The van der Waals surface area contributed by atoms with Gasteiger partial charge in [0, 0.05) is 18.3 Å². The highest BCUT2D eigenvalue weighted by Crippen LogP contribution is 2.34. The summed E-state index contributed by atoms with van der Waals surface area (Å²) in [6, 6.07) is 0. The summed E-state index contributed by atoms with van der Waals surface area (Å²) in [5.41, 5.74) is 0.455. The van der Waals surface area contributed by atoms with Crippen molar-refractivity contribution in [3.8, 4) is 0 Å². The Balaban J connectivity index is 2.26. The van der Waals surface area contributed by atoms with Gasteiger partial charge in [0.25, 0.3) is 0 Å². The minimum absolute atomic E-state index is 0.213. The van der Waals surface area contributed by atoms with Crippen LogP contribution in [0.25, 0.3) is 0 Å². The van der Waals surface area contributed by atoms with E-state index >= 15 is 0 Å².